The minimum absolute atomic E-state index is 0.255. The number of halogens is 1. The van der Waals surface area contributed by atoms with Crippen LogP contribution in [0.3, 0.4) is 0 Å². The van der Waals surface area contributed by atoms with Gasteiger partial charge in [0.15, 0.2) is 0 Å². The molecule has 0 aromatic heterocycles. The summed E-state index contributed by atoms with van der Waals surface area (Å²) in [5.41, 5.74) is -1.48. The summed E-state index contributed by atoms with van der Waals surface area (Å²) in [7, 11) is 0. The second-order valence-electron chi connectivity index (χ2n) is 13.4. The first-order valence-electron chi connectivity index (χ1n) is 14.0. The van der Waals surface area contributed by atoms with Crippen molar-refractivity contribution in [2.45, 2.75) is 130 Å². The molecule has 0 amide bonds. The Morgan fingerprint density at radius 2 is 1.79 bits per heavy atom. The van der Waals surface area contributed by atoms with Crippen LogP contribution < -0.4 is 0 Å². The fraction of sp³-hybridized carbons (Fsp3) is 0.966. The molecule has 0 spiro atoms. The summed E-state index contributed by atoms with van der Waals surface area (Å²) in [6, 6.07) is 0. The first-order valence-corrected chi connectivity index (χ1v) is 14.0. The van der Waals surface area contributed by atoms with Crippen molar-refractivity contribution in [1.29, 1.82) is 0 Å². The Morgan fingerprint density at radius 3 is 2.45 bits per heavy atom. The number of esters is 1. The third-order valence-electron chi connectivity index (χ3n) is 11.3. The van der Waals surface area contributed by atoms with Crippen LogP contribution in [0.15, 0.2) is 0 Å². The average molecular weight is 465 g/mol. The molecule has 4 saturated carbocycles. The third kappa shape index (κ3) is 4.19. The highest BCUT2D eigenvalue weighted by Crippen LogP contribution is 2.69. The van der Waals surface area contributed by atoms with Gasteiger partial charge in [0, 0.05) is 18.8 Å². The van der Waals surface area contributed by atoms with Gasteiger partial charge in [-0.2, -0.15) is 0 Å². The maximum Gasteiger partial charge on any atom is 0.302 e. The molecule has 0 unspecified atom stereocenters. The van der Waals surface area contributed by atoms with E-state index < -0.39 is 17.2 Å². The molecule has 0 bridgehead atoms. The number of hydrogen-bond donors (Lipinski definition) is 1. The Bertz CT molecular complexity index is 724. The SMILES string of the molecule is CC(=O)O[C@@H]1CC[C@]2(C)[C@@H]3CC[C@]4(C)[C@H](CC[C@@H]4[C@H](C)CCCC(C)C)[C@@H]3C[C@H](F)[C@@]2(O)C1. The van der Waals surface area contributed by atoms with Crippen LogP contribution in [0.2, 0.25) is 0 Å². The van der Waals surface area contributed by atoms with E-state index in [1.165, 1.54) is 45.4 Å². The zero-order valence-corrected chi connectivity index (χ0v) is 22.0. The van der Waals surface area contributed by atoms with E-state index in [1.54, 1.807) is 0 Å². The highest BCUT2D eigenvalue weighted by molar-refractivity contribution is 5.66. The van der Waals surface area contributed by atoms with Crippen LogP contribution in [0.4, 0.5) is 4.39 Å². The molecule has 33 heavy (non-hydrogen) atoms. The van der Waals surface area contributed by atoms with Crippen LogP contribution in [0.1, 0.15) is 112 Å². The molecule has 0 aliphatic heterocycles. The number of fused-ring (bicyclic) bond motifs is 5. The van der Waals surface area contributed by atoms with Gasteiger partial charge in [-0.05, 0) is 85.9 Å². The molecular weight excluding hydrogens is 415 g/mol. The van der Waals surface area contributed by atoms with Crippen molar-refractivity contribution in [2.75, 3.05) is 0 Å². The molecule has 190 valence electrons. The molecule has 0 radical (unpaired) electrons. The van der Waals surface area contributed by atoms with Crippen LogP contribution >= 0.6 is 0 Å². The predicted molar refractivity (Wildman–Crippen MR) is 130 cm³/mol. The summed E-state index contributed by atoms with van der Waals surface area (Å²) in [6.07, 6.45) is 9.45. The van der Waals surface area contributed by atoms with Crippen molar-refractivity contribution in [3.05, 3.63) is 0 Å². The van der Waals surface area contributed by atoms with E-state index in [9.17, 15) is 9.90 Å². The number of rotatable bonds is 6. The zero-order chi connectivity index (χ0) is 24.2. The van der Waals surface area contributed by atoms with E-state index in [4.69, 9.17) is 4.74 Å². The van der Waals surface area contributed by atoms with Crippen LogP contribution in [0.5, 0.6) is 0 Å². The van der Waals surface area contributed by atoms with Crippen molar-refractivity contribution in [3.8, 4) is 0 Å². The smallest absolute Gasteiger partial charge is 0.302 e. The van der Waals surface area contributed by atoms with Gasteiger partial charge in [0.05, 0.1) is 0 Å². The molecular formula is C29H49FO3. The van der Waals surface area contributed by atoms with Crippen LogP contribution in [0.25, 0.3) is 0 Å². The summed E-state index contributed by atoms with van der Waals surface area (Å²) < 4.78 is 21.4. The molecule has 3 nitrogen and oxygen atoms in total. The van der Waals surface area contributed by atoms with Gasteiger partial charge in [0.1, 0.15) is 17.9 Å². The standard InChI is InChI=1S/C29H49FO3/c1-18(2)8-7-9-19(3)23-10-11-24-22-16-26(30)29(32)17-21(33-20(4)31)12-15-28(29,6)25(22)13-14-27(23,24)5/h18-19,21-26,32H,7-17H2,1-6H3/t19-,21-,22+,23-,24-,25-,26+,27+,28-,29+/m1/s1. The zero-order valence-electron chi connectivity index (χ0n) is 22.0. The first-order chi connectivity index (χ1) is 15.4. The lowest BCUT2D eigenvalue weighted by atomic mass is 9.42. The maximum absolute atomic E-state index is 15.9. The number of hydrogen-bond acceptors (Lipinski definition) is 3. The normalized spacial score (nSPS) is 48.0. The van der Waals surface area contributed by atoms with E-state index in [-0.39, 0.29) is 18.5 Å². The number of carbonyl (C=O) groups is 1. The summed E-state index contributed by atoms with van der Waals surface area (Å²) >= 11 is 0. The fourth-order valence-electron chi connectivity index (χ4n) is 9.55. The molecule has 1 N–H and O–H groups in total. The van der Waals surface area contributed by atoms with E-state index in [1.807, 2.05) is 0 Å². The van der Waals surface area contributed by atoms with Crippen molar-refractivity contribution in [2.24, 2.45) is 46.3 Å². The predicted octanol–water partition coefficient (Wildman–Crippen LogP) is 7.10. The van der Waals surface area contributed by atoms with E-state index in [0.29, 0.717) is 29.6 Å². The lowest BCUT2D eigenvalue weighted by Gasteiger charge is -2.65. The van der Waals surface area contributed by atoms with Gasteiger partial charge in [-0.3, -0.25) is 4.79 Å². The number of aliphatic hydroxyl groups is 1. The Labute approximate surface area is 201 Å². The van der Waals surface area contributed by atoms with E-state index in [0.717, 1.165) is 37.0 Å². The Morgan fingerprint density at radius 1 is 1.06 bits per heavy atom. The van der Waals surface area contributed by atoms with Crippen LogP contribution in [-0.2, 0) is 9.53 Å². The maximum atomic E-state index is 15.9. The topological polar surface area (TPSA) is 46.5 Å². The molecule has 4 rings (SSSR count). The Kier molecular flexibility index (Phi) is 7.02. The van der Waals surface area contributed by atoms with Crippen LogP contribution in [-0.4, -0.2) is 29.0 Å². The lowest BCUT2D eigenvalue weighted by Crippen LogP contribution is -2.67. The van der Waals surface area contributed by atoms with Gasteiger partial charge >= 0.3 is 5.97 Å². The fourth-order valence-corrected chi connectivity index (χ4v) is 9.55. The summed E-state index contributed by atoms with van der Waals surface area (Å²) in [5.74, 6) is 3.28. The Hall–Kier alpha value is -0.640. The molecule has 0 aromatic rings. The van der Waals surface area contributed by atoms with Gasteiger partial charge < -0.3 is 9.84 Å². The molecule has 0 aromatic carbocycles. The molecule has 4 fully saturated rings. The summed E-state index contributed by atoms with van der Waals surface area (Å²) in [6.45, 7) is 13.2. The minimum atomic E-state index is -1.37. The number of ether oxygens (including phenoxy) is 1. The highest BCUT2D eigenvalue weighted by Gasteiger charge is 2.68. The number of alkyl halides is 1. The molecule has 0 saturated heterocycles. The van der Waals surface area contributed by atoms with Crippen molar-refractivity contribution >= 4 is 5.97 Å². The molecule has 10 atom stereocenters. The average Bonchev–Trinajstić information content (AvgIpc) is 3.07. The van der Waals surface area contributed by atoms with Crippen molar-refractivity contribution < 1.29 is 19.0 Å². The molecule has 4 aliphatic carbocycles. The quantitative estimate of drug-likeness (QED) is 0.426. The lowest BCUT2D eigenvalue weighted by molar-refractivity contribution is -0.252. The first kappa shape index (κ1) is 25.5. The largest absolute Gasteiger partial charge is 0.462 e. The van der Waals surface area contributed by atoms with Crippen molar-refractivity contribution in [3.63, 3.8) is 0 Å². The van der Waals surface area contributed by atoms with Crippen molar-refractivity contribution in [1.82, 2.24) is 0 Å². The third-order valence-corrected chi connectivity index (χ3v) is 11.3. The van der Waals surface area contributed by atoms with Gasteiger partial charge in [-0.25, -0.2) is 4.39 Å². The van der Waals surface area contributed by atoms with E-state index in [2.05, 4.69) is 34.6 Å². The van der Waals surface area contributed by atoms with Gasteiger partial charge in [-0.1, -0.05) is 53.9 Å². The van der Waals surface area contributed by atoms with Gasteiger partial charge in [0.2, 0.25) is 0 Å². The Balaban J connectivity index is 1.51. The summed E-state index contributed by atoms with van der Waals surface area (Å²) in [4.78, 5) is 11.5. The second kappa shape index (κ2) is 9.10. The van der Waals surface area contributed by atoms with Gasteiger partial charge in [0.25, 0.3) is 0 Å². The van der Waals surface area contributed by atoms with Crippen LogP contribution in [0, 0.1) is 46.3 Å². The number of carbonyl (C=O) groups excluding carboxylic acids is 1. The summed E-state index contributed by atoms with van der Waals surface area (Å²) in [5, 5.41) is 11.8. The molecule has 0 heterocycles. The molecule has 4 heteroatoms. The highest BCUT2D eigenvalue weighted by atomic mass is 19.1. The molecule has 4 aliphatic rings. The second-order valence-corrected chi connectivity index (χ2v) is 13.4. The van der Waals surface area contributed by atoms with E-state index >= 15 is 4.39 Å². The minimum Gasteiger partial charge on any atom is -0.462 e. The van der Waals surface area contributed by atoms with Gasteiger partial charge in [-0.15, -0.1) is 0 Å². The monoisotopic (exact) mass is 464 g/mol.